The maximum atomic E-state index is 12.9. The molecule has 1 aliphatic rings. The van der Waals surface area contributed by atoms with E-state index in [0.717, 1.165) is 10.5 Å². The van der Waals surface area contributed by atoms with Gasteiger partial charge in [0.2, 0.25) is 0 Å². The lowest BCUT2D eigenvalue weighted by Gasteiger charge is -2.19. The van der Waals surface area contributed by atoms with E-state index in [0.29, 0.717) is 16.9 Å². The Labute approximate surface area is 197 Å². The third-order valence-electron chi connectivity index (χ3n) is 5.79. The van der Waals surface area contributed by atoms with Gasteiger partial charge in [0.15, 0.2) is 0 Å². The molecule has 3 aromatic rings. The van der Waals surface area contributed by atoms with E-state index in [1.807, 2.05) is 12.1 Å². The summed E-state index contributed by atoms with van der Waals surface area (Å²) in [6.07, 6.45) is 0. The normalized spacial score (nSPS) is 13.0. The van der Waals surface area contributed by atoms with Gasteiger partial charge in [-0.3, -0.25) is 24.1 Å². The van der Waals surface area contributed by atoms with Crippen molar-refractivity contribution in [1.82, 2.24) is 4.90 Å². The Morgan fingerprint density at radius 3 is 1.76 bits per heavy atom. The van der Waals surface area contributed by atoms with Gasteiger partial charge in [-0.05, 0) is 53.4 Å². The molecule has 172 valence electrons. The minimum Gasteiger partial charge on any atom is -0.320 e. The second kappa shape index (κ2) is 8.59. The highest BCUT2D eigenvalue weighted by Gasteiger charge is 2.33. The highest BCUT2D eigenvalue weighted by atomic mass is 16.2. The number of imide groups is 1. The SMILES string of the molecule is CN1C(=O)c2ccc(C(=O)Nc3ccccc3NC(=O)c3ccc(C(C)(C)C)cc3)cc2C1=O. The third-order valence-corrected chi connectivity index (χ3v) is 5.79. The summed E-state index contributed by atoms with van der Waals surface area (Å²) in [6.45, 7) is 6.32. The van der Waals surface area contributed by atoms with Gasteiger partial charge in [-0.1, -0.05) is 45.0 Å². The molecule has 0 saturated carbocycles. The lowest BCUT2D eigenvalue weighted by molar-refractivity contribution is 0.0692. The molecule has 0 atom stereocenters. The van der Waals surface area contributed by atoms with Gasteiger partial charge in [0.05, 0.1) is 22.5 Å². The van der Waals surface area contributed by atoms with Gasteiger partial charge in [-0.2, -0.15) is 0 Å². The molecule has 0 unspecified atom stereocenters. The van der Waals surface area contributed by atoms with Gasteiger partial charge < -0.3 is 10.6 Å². The fourth-order valence-electron chi connectivity index (χ4n) is 3.71. The molecule has 7 heteroatoms. The van der Waals surface area contributed by atoms with E-state index in [2.05, 4.69) is 31.4 Å². The van der Waals surface area contributed by atoms with Crippen molar-refractivity contribution in [1.29, 1.82) is 0 Å². The first-order valence-electron chi connectivity index (χ1n) is 10.8. The fraction of sp³-hybridized carbons (Fsp3) is 0.185. The van der Waals surface area contributed by atoms with E-state index < -0.39 is 17.7 Å². The molecule has 7 nitrogen and oxygen atoms in total. The van der Waals surface area contributed by atoms with Crippen LogP contribution < -0.4 is 10.6 Å². The average molecular weight is 456 g/mol. The monoisotopic (exact) mass is 455 g/mol. The average Bonchev–Trinajstić information content (AvgIpc) is 3.03. The van der Waals surface area contributed by atoms with Gasteiger partial charge in [0, 0.05) is 18.2 Å². The zero-order valence-electron chi connectivity index (χ0n) is 19.4. The van der Waals surface area contributed by atoms with E-state index in [1.165, 1.54) is 25.2 Å². The molecule has 0 bridgehead atoms. The highest BCUT2D eigenvalue weighted by Crippen LogP contribution is 2.26. The Kier molecular flexibility index (Phi) is 5.79. The molecular formula is C27H25N3O4. The lowest BCUT2D eigenvalue weighted by Crippen LogP contribution is -2.24. The number of benzene rings is 3. The molecule has 0 aromatic heterocycles. The van der Waals surface area contributed by atoms with Crippen LogP contribution in [0, 0.1) is 0 Å². The summed E-state index contributed by atoms with van der Waals surface area (Å²) in [4.78, 5) is 51.0. The Morgan fingerprint density at radius 2 is 1.21 bits per heavy atom. The smallest absolute Gasteiger partial charge is 0.261 e. The first-order chi connectivity index (χ1) is 16.1. The van der Waals surface area contributed by atoms with E-state index in [-0.39, 0.29) is 28.0 Å². The van der Waals surface area contributed by atoms with Crippen LogP contribution in [0.15, 0.2) is 66.7 Å². The van der Waals surface area contributed by atoms with E-state index in [1.54, 1.807) is 36.4 Å². The van der Waals surface area contributed by atoms with Crippen LogP contribution in [0.1, 0.15) is 67.8 Å². The Bertz CT molecular complexity index is 1320. The maximum absolute atomic E-state index is 12.9. The number of rotatable bonds is 4. The molecular weight excluding hydrogens is 430 g/mol. The standard InChI is InChI=1S/C27H25N3O4/c1-27(2,3)18-12-9-16(10-13-18)23(31)28-21-7-5-6-8-22(21)29-24(32)17-11-14-19-20(15-17)26(34)30(4)25(19)33/h5-15H,1-4H3,(H,28,31)(H,29,32). The van der Waals surface area contributed by atoms with Crippen molar-refractivity contribution in [2.24, 2.45) is 0 Å². The number of amides is 4. The van der Waals surface area contributed by atoms with Gasteiger partial charge in [0.25, 0.3) is 23.6 Å². The predicted molar refractivity (Wildman–Crippen MR) is 130 cm³/mol. The van der Waals surface area contributed by atoms with Crippen LogP contribution in [0.2, 0.25) is 0 Å². The van der Waals surface area contributed by atoms with Gasteiger partial charge >= 0.3 is 0 Å². The summed E-state index contributed by atoms with van der Waals surface area (Å²) >= 11 is 0. The van der Waals surface area contributed by atoms with Gasteiger partial charge in [-0.25, -0.2) is 0 Å². The highest BCUT2D eigenvalue weighted by molar-refractivity contribution is 6.22. The number of hydrogen-bond donors (Lipinski definition) is 2. The van der Waals surface area contributed by atoms with Crippen molar-refractivity contribution in [2.75, 3.05) is 17.7 Å². The molecule has 4 amide bonds. The summed E-state index contributed by atoms with van der Waals surface area (Å²) in [5.41, 5.74) is 3.15. The van der Waals surface area contributed by atoms with E-state index in [9.17, 15) is 19.2 Å². The van der Waals surface area contributed by atoms with Crippen molar-refractivity contribution in [3.05, 3.63) is 94.5 Å². The second-order valence-electron chi connectivity index (χ2n) is 9.21. The van der Waals surface area contributed by atoms with E-state index >= 15 is 0 Å². The summed E-state index contributed by atoms with van der Waals surface area (Å²) in [7, 11) is 1.40. The van der Waals surface area contributed by atoms with Crippen LogP contribution in [0.3, 0.4) is 0 Å². The quantitative estimate of drug-likeness (QED) is 0.557. The Balaban J connectivity index is 1.52. The minimum absolute atomic E-state index is 0.0171. The number of hydrogen-bond acceptors (Lipinski definition) is 4. The molecule has 0 radical (unpaired) electrons. The van der Waals surface area contributed by atoms with Crippen LogP contribution in [0.5, 0.6) is 0 Å². The summed E-state index contributed by atoms with van der Waals surface area (Å²) in [6, 6.07) is 18.6. The van der Waals surface area contributed by atoms with Crippen molar-refractivity contribution in [3.8, 4) is 0 Å². The number of carbonyl (C=O) groups is 4. The maximum Gasteiger partial charge on any atom is 0.261 e. The first-order valence-corrected chi connectivity index (χ1v) is 10.8. The zero-order valence-corrected chi connectivity index (χ0v) is 19.4. The molecule has 2 N–H and O–H groups in total. The molecule has 1 aliphatic heterocycles. The number of para-hydroxylation sites is 2. The number of nitrogens with zero attached hydrogens (tertiary/aromatic N) is 1. The molecule has 0 aliphatic carbocycles. The molecule has 34 heavy (non-hydrogen) atoms. The van der Waals surface area contributed by atoms with Crippen LogP contribution >= 0.6 is 0 Å². The summed E-state index contributed by atoms with van der Waals surface area (Å²) in [5.74, 6) is -1.60. The van der Waals surface area contributed by atoms with Crippen LogP contribution in [0.4, 0.5) is 11.4 Å². The van der Waals surface area contributed by atoms with Gasteiger partial charge in [0.1, 0.15) is 0 Å². The van der Waals surface area contributed by atoms with Crippen LogP contribution in [-0.2, 0) is 5.41 Å². The topological polar surface area (TPSA) is 95.6 Å². The zero-order chi connectivity index (χ0) is 24.6. The number of anilines is 2. The summed E-state index contributed by atoms with van der Waals surface area (Å²) < 4.78 is 0. The number of carbonyl (C=O) groups excluding carboxylic acids is 4. The van der Waals surface area contributed by atoms with Crippen LogP contribution in [-0.4, -0.2) is 35.6 Å². The molecule has 0 fully saturated rings. The van der Waals surface area contributed by atoms with Crippen LogP contribution in [0.25, 0.3) is 0 Å². The molecule has 0 saturated heterocycles. The van der Waals surface area contributed by atoms with Crippen molar-refractivity contribution < 1.29 is 19.2 Å². The fourth-order valence-corrected chi connectivity index (χ4v) is 3.71. The molecule has 1 heterocycles. The third kappa shape index (κ3) is 4.32. The van der Waals surface area contributed by atoms with Gasteiger partial charge in [-0.15, -0.1) is 0 Å². The Morgan fingerprint density at radius 1 is 0.706 bits per heavy atom. The van der Waals surface area contributed by atoms with Crippen molar-refractivity contribution >= 4 is 35.0 Å². The minimum atomic E-state index is -0.464. The molecule has 4 rings (SSSR count). The first kappa shape index (κ1) is 22.9. The predicted octanol–water partition coefficient (Wildman–Crippen LogP) is 4.71. The second-order valence-corrected chi connectivity index (χ2v) is 9.21. The van der Waals surface area contributed by atoms with Crippen molar-refractivity contribution in [3.63, 3.8) is 0 Å². The Hall–Kier alpha value is -4.26. The number of fused-ring (bicyclic) bond motifs is 1. The summed E-state index contributed by atoms with van der Waals surface area (Å²) in [5, 5.41) is 5.62. The molecule has 0 spiro atoms. The lowest BCUT2D eigenvalue weighted by atomic mass is 9.87. The largest absolute Gasteiger partial charge is 0.320 e. The van der Waals surface area contributed by atoms with Crippen molar-refractivity contribution in [2.45, 2.75) is 26.2 Å². The number of nitrogens with one attached hydrogen (secondary N) is 2. The van der Waals surface area contributed by atoms with E-state index in [4.69, 9.17) is 0 Å². The molecule has 3 aromatic carbocycles.